The number of para-hydroxylation sites is 2. The molecule has 142 valence electrons. The zero-order valence-electron chi connectivity index (χ0n) is 15.9. The Morgan fingerprint density at radius 1 is 1.04 bits per heavy atom. The number of thiol groups is 2. The van der Waals surface area contributed by atoms with Crippen molar-refractivity contribution in [3.8, 4) is 0 Å². The van der Waals surface area contributed by atoms with Crippen LogP contribution in [0.2, 0.25) is 0 Å². The minimum absolute atomic E-state index is 0.206. The summed E-state index contributed by atoms with van der Waals surface area (Å²) in [6, 6.07) is 16.9. The van der Waals surface area contributed by atoms with Crippen molar-refractivity contribution < 1.29 is 0 Å². The average Bonchev–Trinajstić information content (AvgIpc) is 2.80. The Balaban J connectivity index is 1.68. The molecule has 0 bridgehead atoms. The molecule has 0 saturated heterocycles. The van der Waals surface area contributed by atoms with E-state index in [0.29, 0.717) is 0 Å². The van der Waals surface area contributed by atoms with Crippen LogP contribution in [0.1, 0.15) is 25.0 Å². The molecule has 2 aromatic carbocycles. The van der Waals surface area contributed by atoms with Gasteiger partial charge in [0.2, 0.25) is 0 Å². The quantitative estimate of drug-likeness (QED) is 0.385. The molecule has 1 nitrogen and oxygen atoms in total. The van der Waals surface area contributed by atoms with Crippen LogP contribution < -0.4 is 5.32 Å². The minimum atomic E-state index is -0.206. The van der Waals surface area contributed by atoms with Gasteiger partial charge in [-0.1, -0.05) is 60.7 Å². The summed E-state index contributed by atoms with van der Waals surface area (Å²) in [6.45, 7) is 4.27. The molecule has 0 radical (unpaired) electrons. The van der Waals surface area contributed by atoms with E-state index in [1.807, 2.05) is 0 Å². The van der Waals surface area contributed by atoms with E-state index in [9.17, 15) is 0 Å². The molecule has 28 heavy (non-hydrogen) atoms. The summed E-state index contributed by atoms with van der Waals surface area (Å²) in [5.74, 6) is 0.872. The zero-order chi connectivity index (χ0) is 19.7. The van der Waals surface area contributed by atoms with E-state index in [1.165, 1.54) is 27.8 Å². The van der Waals surface area contributed by atoms with E-state index in [4.69, 9.17) is 25.3 Å². The second kappa shape index (κ2) is 7.94. The SMILES string of the molecule is CC1=CC(C)(S)C=CC=C1CSC(S)=C1c2ccccc2Nc2ccccc21. The number of nitrogens with one attached hydrogen (secondary N) is 1. The van der Waals surface area contributed by atoms with Gasteiger partial charge in [0.15, 0.2) is 0 Å². The van der Waals surface area contributed by atoms with Crippen molar-refractivity contribution in [2.45, 2.75) is 18.6 Å². The molecule has 4 rings (SSSR count). The second-order valence-electron chi connectivity index (χ2n) is 7.29. The lowest BCUT2D eigenvalue weighted by molar-refractivity contribution is 1.01. The van der Waals surface area contributed by atoms with Crippen molar-refractivity contribution in [3.63, 3.8) is 0 Å². The Kier molecular flexibility index (Phi) is 5.55. The molecule has 4 heteroatoms. The van der Waals surface area contributed by atoms with Gasteiger partial charge in [0.05, 0.1) is 0 Å². The number of fused-ring (bicyclic) bond motifs is 2. The first-order valence-corrected chi connectivity index (χ1v) is 11.1. The fourth-order valence-corrected chi connectivity index (χ4v) is 5.29. The lowest BCUT2D eigenvalue weighted by Gasteiger charge is -2.25. The fraction of sp³-hybridized carbons (Fsp3) is 0.167. The molecule has 1 heterocycles. The third-order valence-electron chi connectivity index (χ3n) is 4.99. The van der Waals surface area contributed by atoms with E-state index in [0.717, 1.165) is 21.4 Å². The highest BCUT2D eigenvalue weighted by atomic mass is 32.2. The Bertz CT molecular complexity index is 994. The summed E-state index contributed by atoms with van der Waals surface area (Å²) in [5.41, 5.74) is 8.42. The number of anilines is 2. The van der Waals surface area contributed by atoms with Crippen molar-refractivity contribution in [1.82, 2.24) is 0 Å². The maximum atomic E-state index is 4.95. The Labute approximate surface area is 182 Å². The normalized spacial score (nSPS) is 20.4. The van der Waals surface area contributed by atoms with Crippen molar-refractivity contribution in [2.24, 2.45) is 0 Å². The fourth-order valence-electron chi connectivity index (χ4n) is 3.59. The van der Waals surface area contributed by atoms with Gasteiger partial charge in [0.1, 0.15) is 0 Å². The van der Waals surface area contributed by atoms with Crippen molar-refractivity contribution in [1.29, 1.82) is 0 Å². The van der Waals surface area contributed by atoms with E-state index in [2.05, 4.69) is 92.0 Å². The van der Waals surface area contributed by atoms with Crippen molar-refractivity contribution >= 4 is 54.0 Å². The van der Waals surface area contributed by atoms with Gasteiger partial charge in [-0.2, -0.15) is 12.6 Å². The molecule has 2 aliphatic rings. The minimum Gasteiger partial charge on any atom is -0.355 e. The van der Waals surface area contributed by atoms with Gasteiger partial charge in [-0.25, -0.2) is 0 Å². The smallest absolute Gasteiger partial charge is 0.0468 e. The lowest BCUT2D eigenvalue weighted by atomic mass is 9.93. The van der Waals surface area contributed by atoms with Gasteiger partial charge < -0.3 is 5.32 Å². The monoisotopic (exact) mass is 421 g/mol. The zero-order valence-corrected chi connectivity index (χ0v) is 18.5. The molecule has 0 amide bonds. The molecule has 0 aromatic heterocycles. The van der Waals surface area contributed by atoms with Crippen LogP contribution in [0, 0.1) is 0 Å². The molecule has 1 aliphatic heterocycles. The van der Waals surface area contributed by atoms with Crippen LogP contribution in [0.5, 0.6) is 0 Å². The van der Waals surface area contributed by atoms with Crippen LogP contribution in [0.4, 0.5) is 11.4 Å². The summed E-state index contributed by atoms with van der Waals surface area (Å²) < 4.78 is 0.833. The third-order valence-corrected chi connectivity index (χ3v) is 6.81. The van der Waals surface area contributed by atoms with E-state index < -0.39 is 0 Å². The van der Waals surface area contributed by atoms with Gasteiger partial charge in [-0.3, -0.25) is 0 Å². The summed E-state index contributed by atoms with van der Waals surface area (Å²) in [6.07, 6.45) is 8.63. The summed E-state index contributed by atoms with van der Waals surface area (Å²) in [7, 11) is 0. The van der Waals surface area contributed by atoms with Crippen LogP contribution in [-0.4, -0.2) is 10.5 Å². The van der Waals surface area contributed by atoms with Crippen LogP contribution >= 0.6 is 37.0 Å². The van der Waals surface area contributed by atoms with Crippen molar-refractivity contribution in [3.05, 3.63) is 99.3 Å². The highest BCUT2D eigenvalue weighted by molar-refractivity contribution is 8.15. The predicted octanol–water partition coefficient (Wildman–Crippen LogP) is 7.25. The molecule has 0 saturated carbocycles. The first-order valence-electron chi connectivity index (χ1n) is 9.27. The highest BCUT2D eigenvalue weighted by Gasteiger charge is 2.22. The van der Waals surface area contributed by atoms with Crippen molar-refractivity contribution in [2.75, 3.05) is 11.1 Å². The van der Waals surface area contributed by atoms with Gasteiger partial charge >= 0.3 is 0 Å². The molecule has 1 atom stereocenters. The maximum absolute atomic E-state index is 4.95. The third kappa shape index (κ3) is 4.00. The summed E-state index contributed by atoms with van der Waals surface area (Å²) >= 11 is 11.4. The summed E-state index contributed by atoms with van der Waals surface area (Å²) in [5, 5.41) is 3.54. The van der Waals surface area contributed by atoms with E-state index in [-0.39, 0.29) is 4.75 Å². The first-order chi connectivity index (χ1) is 13.4. The van der Waals surface area contributed by atoms with Gasteiger partial charge in [-0.05, 0) is 37.1 Å². The highest BCUT2D eigenvalue weighted by Crippen LogP contribution is 2.45. The predicted molar refractivity (Wildman–Crippen MR) is 132 cm³/mol. The molecular weight excluding hydrogens is 398 g/mol. The molecule has 1 N–H and O–H groups in total. The van der Waals surface area contributed by atoms with E-state index >= 15 is 0 Å². The molecule has 1 unspecified atom stereocenters. The number of allylic oxidation sites excluding steroid dienone is 3. The topological polar surface area (TPSA) is 12.0 Å². The summed E-state index contributed by atoms with van der Waals surface area (Å²) in [4.78, 5) is 0. The molecule has 2 aromatic rings. The lowest BCUT2D eigenvalue weighted by Crippen LogP contribution is -2.08. The maximum Gasteiger partial charge on any atom is 0.0468 e. The van der Waals surface area contributed by atoms with Crippen LogP contribution in [0.15, 0.2) is 88.2 Å². The average molecular weight is 422 g/mol. The number of hydrogen-bond acceptors (Lipinski definition) is 4. The number of thioether (sulfide) groups is 1. The van der Waals surface area contributed by atoms with Gasteiger partial charge in [0.25, 0.3) is 0 Å². The second-order valence-corrected chi connectivity index (χ2v) is 9.99. The van der Waals surface area contributed by atoms with Crippen LogP contribution in [0.25, 0.3) is 5.57 Å². The molecule has 0 spiro atoms. The number of hydrogen-bond donors (Lipinski definition) is 3. The Morgan fingerprint density at radius 3 is 2.29 bits per heavy atom. The molecule has 1 aliphatic carbocycles. The van der Waals surface area contributed by atoms with Gasteiger partial charge in [-0.15, -0.1) is 24.4 Å². The Hall–Kier alpha value is -1.75. The van der Waals surface area contributed by atoms with E-state index in [1.54, 1.807) is 11.8 Å². The Morgan fingerprint density at radius 2 is 1.64 bits per heavy atom. The van der Waals surface area contributed by atoms with Gasteiger partial charge in [0, 0.05) is 42.8 Å². The van der Waals surface area contributed by atoms with Crippen LogP contribution in [0.3, 0.4) is 0 Å². The molecular formula is C24H23NS3. The first kappa shape index (κ1) is 19.6. The van der Waals surface area contributed by atoms with Crippen LogP contribution in [-0.2, 0) is 0 Å². The largest absolute Gasteiger partial charge is 0.355 e. The number of rotatable bonds is 3. The standard InChI is InChI=1S/C24H23NS3/c1-16-14-24(2,27)13-7-8-17(16)15-28-23(26)22-18-9-3-5-11-20(18)25-21-12-6-4-10-19(21)22/h3-14,25-27H,15H2,1-2H3. The molecule has 0 fully saturated rings. The number of benzene rings is 2.